The summed E-state index contributed by atoms with van der Waals surface area (Å²) in [6.07, 6.45) is 0.563. The first-order valence-corrected chi connectivity index (χ1v) is 13.5. The summed E-state index contributed by atoms with van der Waals surface area (Å²) >= 11 is 5.79. The van der Waals surface area contributed by atoms with Crippen LogP contribution in [0.3, 0.4) is 0 Å². The van der Waals surface area contributed by atoms with Crippen LogP contribution in [0.25, 0.3) is 22.3 Å². The lowest BCUT2D eigenvalue weighted by Gasteiger charge is -2.27. The Balaban J connectivity index is 1.27. The second kappa shape index (κ2) is 11.5. The number of carboxylic acids is 1. The molecule has 3 heterocycles. The predicted molar refractivity (Wildman–Crippen MR) is 149 cm³/mol. The Morgan fingerprint density at radius 2 is 1.81 bits per heavy atom. The highest BCUT2D eigenvalue weighted by atomic mass is 35.5. The number of imidazole rings is 1. The van der Waals surface area contributed by atoms with Crippen LogP contribution in [0.1, 0.15) is 33.7 Å². The minimum atomic E-state index is -1.08. The fraction of sp³-hybridized carbons (Fsp3) is 0.194. The number of pyridine rings is 1. The van der Waals surface area contributed by atoms with Gasteiger partial charge in [0, 0.05) is 40.8 Å². The van der Waals surface area contributed by atoms with Crippen molar-refractivity contribution in [3.63, 3.8) is 0 Å². The second-order valence-electron chi connectivity index (χ2n) is 9.91. The van der Waals surface area contributed by atoms with Gasteiger partial charge in [-0.05, 0) is 55.0 Å². The Kier molecular flexibility index (Phi) is 7.57. The average Bonchev–Trinajstić information content (AvgIpc) is 3.28. The van der Waals surface area contributed by atoms with E-state index in [1.54, 1.807) is 34.9 Å². The van der Waals surface area contributed by atoms with E-state index in [0.717, 1.165) is 6.42 Å². The van der Waals surface area contributed by atoms with Gasteiger partial charge in [-0.3, -0.25) is 0 Å². The maximum Gasteiger partial charge on any atom is 0.335 e. The molecule has 1 aliphatic rings. The largest absolute Gasteiger partial charge is 0.478 e. The van der Waals surface area contributed by atoms with E-state index in [9.17, 15) is 14.3 Å². The van der Waals surface area contributed by atoms with Crippen molar-refractivity contribution in [1.29, 1.82) is 0 Å². The average molecular weight is 594 g/mol. The van der Waals surface area contributed by atoms with Crippen molar-refractivity contribution in [2.45, 2.75) is 32.1 Å². The smallest absolute Gasteiger partial charge is 0.335 e. The van der Waals surface area contributed by atoms with Crippen molar-refractivity contribution < 1.29 is 32.5 Å². The molecule has 7 nitrogen and oxygen atoms in total. The Morgan fingerprint density at radius 3 is 2.50 bits per heavy atom. The van der Waals surface area contributed by atoms with Crippen LogP contribution in [0.5, 0.6) is 5.88 Å². The van der Waals surface area contributed by atoms with Gasteiger partial charge in [0.1, 0.15) is 29.9 Å². The predicted octanol–water partition coefficient (Wildman–Crippen LogP) is 6.83. The summed E-state index contributed by atoms with van der Waals surface area (Å²) in [6, 6.07) is 15.9. The number of aromatic carboxylic acids is 1. The first-order valence-electron chi connectivity index (χ1n) is 13.1. The molecule has 1 atom stereocenters. The van der Waals surface area contributed by atoms with Crippen molar-refractivity contribution >= 4 is 28.6 Å². The van der Waals surface area contributed by atoms with Crippen molar-refractivity contribution in [3.05, 3.63) is 112 Å². The molecule has 1 unspecified atom stereocenters. The molecule has 2 aromatic heterocycles. The van der Waals surface area contributed by atoms with Gasteiger partial charge in [0.05, 0.1) is 34.9 Å². The highest BCUT2D eigenvalue weighted by Gasteiger charge is 2.24. The molecule has 3 aromatic carbocycles. The molecule has 1 aliphatic heterocycles. The highest BCUT2D eigenvalue weighted by Crippen LogP contribution is 2.29. The Bertz CT molecular complexity index is 1800. The number of hydrogen-bond acceptors (Lipinski definition) is 5. The van der Waals surface area contributed by atoms with Gasteiger partial charge in [-0.15, -0.1) is 0 Å². The molecule has 42 heavy (non-hydrogen) atoms. The number of nitrogens with zero attached hydrogens (tertiary/aromatic N) is 3. The Labute approximate surface area is 243 Å². The lowest BCUT2D eigenvalue weighted by Crippen LogP contribution is -2.31. The lowest BCUT2D eigenvalue weighted by atomic mass is 10.0. The molecule has 0 radical (unpaired) electrons. The van der Waals surface area contributed by atoms with Crippen molar-refractivity contribution in [1.82, 2.24) is 14.5 Å². The third-order valence-corrected chi connectivity index (χ3v) is 7.37. The molecule has 11 heteroatoms. The summed E-state index contributed by atoms with van der Waals surface area (Å²) in [6.45, 7) is 0.894. The van der Waals surface area contributed by atoms with E-state index < -0.39 is 23.4 Å². The molecule has 0 aliphatic carbocycles. The van der Waals surface area contributed by atoms with Crippen LogP contribution in [-0.2, 0) is 24.3 Å². The number of halogens is 4. The van der Waals surface area contributed by atoms with Gasteiger partial charge < -0.3 is 19.1 Å². The van der Waals surface area contributed by atoms with Crippen LogP contribution in [0.4, 0.5) is 13.2 Å². The number of benzene rings is 3. The van der Waals surface area contributed by atoms with Gasteiger partial charge in [0.2, 0.25) is 5.88 Å². The van der Waals surface area contributed by atoms with Crippen molar-refractivity contribution in [2.24, 2.45) is 0 Å². The van der Waals surface area contributed by atoms with E-state index in [1.165, 1.54) is 36.4 Å². The zero-order valence-corrected chi connectivity index (χ0v) is 22.7. The van der Waals surface area contributed by atoms with Gasteiger partial charge >= 0.3 is 5.97 Å². The molecule has 0 amide bonds. The SMILES string of the molecule is O=C(O)c1ccc2nc(Cc3c(F)cc(-c4cccc(OCc5ccc(Cl)cc5F)n4)cc3F)n(CC3CCO3)c2c1. The Hall–Kier alpha value is -4.41. The van der Waals surface area contributed by atoms with E-state index >= 15 is 8.78 Å². The number of carbonyl (C=O) groups is 1. The maximum atomic E-state index is 15.4. The molecule has 1 N–H and O–H groups in total. The molecular formula is C31H23ClF3N3O4. The van der Waals surface area contributed by atoms with Gasteiger partial charge in [-0.2, -0.15) is 0 Å². The number of ether oxygens (including phenoxy) is 2. The normalized spacial score (nSPS) is 14.6. The van der Waals surface area contributed by atoms with Gasteiger partial charge in [0.15, 0.2) is 0 Å². The molecular weight excluding hydrogens is 571 g/mol. The number of hydrogen-bond donors (Lipinski definition) is 1. The quantitative estimate of drug-likeness (QED) is 0.202. The fourth-order valence-corrected chi connectivity index (χ4v) is 4.96. The standard InChI is InChI=1S/C31H23ClF3N3O4/c32-20-6-4-18(23(33)13-20)16-42-30-3-1-2-26(37-30)19-10-24(34)22(25(35)11-19)14-29-36-27-7-5-17(31(39)40)12-28(27)38(29)15-21-8-9-41-21/h1-7,10-13,21H,8-9,14-16H2,(H,39,40). The summed E-state index contributed by atoms with van der Waals surface area (Å²) in [4.78, 5) is 20.4. The van der Waals surface area contributed by atoms with Gasteiger partial charge in [0.25, 0.3) is 0 Å². The first kappa shape index (κ1) is 27.7. The topological polar surface area (TPSA) is 86.5 Å². The van der Waals surface area contributed by atoms with Crippen molar-refractivity contribution in [2.75, 3.05) is 6.61 Å². The molecule has 1 saturated heterocycles. The summed E-state index contributed by atoms with van der Waals surface area (Å²) in [7, 11) is 0. The third-order valence-electron chi connectivity index (χ3n) is 7.14. The van der Waals surface area contributed by atoms with E-state index in [1.807, 2.05) is 0 Å². The van der Waals surface area contributed by atoms with Crippen LogP contribution < -0.4 is 4.74 Å². The van der Waals surface area contributed by atoms with E-state index in [0.29, 0.717) is 30.0 Å². The van der Waals surface area contributed by atoms with Crippen LogP contribution in [0.15, 0.2) is 66.7 Å². The number of carboxylic acid groups (broad SMARTS) is 1. The monoisotopic (exact) mass is 593 g/mol. The number of rotatable bonds is 9. The molecule has 6 rings (SSSR count). The molecule has 214 valence electrons. The highest BCUT2D eigenvalue weighted by molar-refractivity contribution is 6.30. The minimum Gasteiger partial charge on any atom is -0.478 e. The molecule has 0 bridgehead atoms. The van der Waals surface area contributed by atoms with Crippen LogP contribution in [0, 0.1) is 17.5 Å². The van der Waals surface area contributed by atoms with Gasteiger partial charge in [-0.1, -0.05) is 23.7 Å². The second-order valence-corrected chi connectivity index (χ2v) is 10.3. The summed E-state index contributed by atoms with van der Waals surface area (Å²) in [5.41, 5.74) is 1.71. The van der Waals surface area contributed by atoms with E-state index in [4.69, 9.17) is 21.1 Å². The fourth-order valence-electron chi connectivity index (χ4n) is 4.80. The Morgan fingerprint density at radius 1 is 1.02 bits per heavy atom. The molecule has 0 saturated carbocycles. The summed E-state index contributed by atoms with van der Waals surface area (Å²) in [5, 5.41) is 9.71. The molecule has 5 aromatic rings. The number of aromatic nitrogens is 3. The van der Waals surface area contributed by atoms with Crippen LogP contribution >= 0.6 is 11.6 Å². The summed E-state index contributed by atoms with van der Waals surface area (Å²) < 4.78 is 57.9. The third kappa shape index (κ3) is 5.68. The lowest BCUT2D eigenvalue weighted by molar-refractivity contribution is -0.0589. The van der Waals surface area contributed by atoms with E-state index in [-0.39, 0.29) is 58.0 Å². The maximum absolute atomic E-state index is 15.4. The zero-order chi connectivity index (χ0) is 29.4. The van der Waals surface area contributed by atoms with Crippen LogP contribution in [-0.4, -0.2) is 38.3 Å². The summed E-state index contributed by atoms with van der Waals surface area (Å²) in [5.74, 6) is -2.64. The molecule has 1 fully saturated rings. The minimum absolute atomic E-state index is 0.0865. The van der Waals surface area contributed by atoms with Gasteiger partial charge in [-0.25, -0.2) is 27.9 Å². The van der Waals surface area contributed by atoms with Crippen molar-refractivity contribution in [3.8, 4) is 17.1 Å². The zero-order valence-electron chi connectivity index (χ0n) is 22.0. The first-order chi connectivity index (χ1) is 20.2. The van der Waals surface area contributed by atoms with E-state index in [2.05, 4.69) is 9.97 Å². The molecule has 0 spiro atoms. The van der Waals surface area contributed by atoms with Crippen LogP contribution in [0.2, 0.25) is 5.02 Å². The number of fused-ring (bicyclic) bond motifs is 1.